The number of halogens is 2. The summed E-state index contributed by atoms with van der Waals surface area (Å²) in [6, 6.07) is 3.75. The van der Waals surface area contributed by atoms with Gasteiger partial charge in [-0.2, -0.15) is 0 Å². The van der Waals surface area contributed by atoms with Gasteiger partial charge in [0.2, 0.25) is 11.8 Å². The van der Waals surface area contributed by atoms with Crippen molar-refractivity contribution in [1.82, 2.24) is 10.4 Å². The van der Waals surface area contributed by atoms with E-state index in [0.717, 1.165) is 0 Å². The number of nitrogens with one attached hydrogen (secondary N) is 1. The van der Waals surface area contributed by atoms with E-state index in [9.17, 15) is 14.0 Å². The number of hydroxylamine groups is 1. The highest BCUT2D eigenvalue weighted by Gasteiger charge is 2.43. The molecule has 0 spiro atoms. The maximum absolute atomic E-state index is 13.6. The molecule has 2 unspecified atom stereocenters. The van der Waals surface area contributed by atoms with E-state index in [2.05, 4.69) is 5.48 Å². The second kappa shape index (κ2) is 6.41. The highest BCUT2D eigenvalue weighted by molar-refractivity contribution is 6.30. The molecule has 1 aliphatic rings. The van der Waals surface area contributed by atoms with Gasteiger partial charge in [0.05, 0.1) is 23.6 Å². The van der Waals surface area contributed by atoms with Crippen LogP contribution in [-0.2, 0) is 14.4 Å². The largest absolute Gasteiger partial charge is 0.338 e. The minimum absolute atomic E-state index is 0.000967. The lowest BCUT2D eigenvalue weighted by molar-refractivity contribution is -0.138. The van der Waals surface area contributed by atoms with Gasteiger partial charge < -0.3 is 4.90 Å². The number of amides is 2. The Morgan fingerprint density at radius 1 is 1.57 bits per heavy atom. The average Bonchev–Trinajstić information content (AvgIpc) is 2.75. The molecule has 1 fully saturated rings. The molecule has 1 aromatic rings. The Labute approximate surface area is 127 Å². The van der Waals surface area contributed by atoms with Gasteiger partial charge in [0.25, 0.3) is 0 Å². The summed E-state index contributed by atoms with van der Waals surface area (Å²) in [4.78, 5) is 30.3. The fourth-order valence-electron chi connectivity index (χ4n) is 2.48. The van der Waals surface area contributed by atoms with Gasteiger partial charge in [-0.3, -0.25) is 14.4 Å². The van der Waals surface area contributed by atoms with E-state index in [1.807, 2.05) is 0 Å². The molecule has 2 amide bonds. The molecule has 2 atom stereocenters. The van der Waals surface area contributed by atoms with Crippen molar-refractivity contribution in [1.29, 1.82) is 0 Å². The summed E-state index contributed by atoms with van der Waals surface area (Å²) in [6.45, 7) is 2.06. The van der Waals surface area contributed by atoms with Crippen molar-refractivity contribution in [3.8, 4) is 0 Å². The van der Waals surface area contributed by atoms with Crippen LogP contribution >= 0.6 is 11.6 Å². The van der Waals surface area contributed by atoms with Crippen molar-refractivity contribution < 1.29 is 18.8 Å². The Bertz CT molecular complexity index is 567. The van der Waals surface area contributed by atoms with Crippen LogP contribution in [0.5, 0.6) is 0 Å². The fourth-order valence-corrected chi connectivity index (χ4v) is 2.59. The second-order valence-corrected chi connectivity index (χ2v) is 5.24. The van der Waals surface area contributed by atoms with Crippen LogP contribution in [0.15, 0.2) is 18.2 Å². The van der Waals surface area contributed by atoms with E-state index >= 15 is 0 Å². The number of nitrogens with zero attached hydrogens (tertiary/aromatic N) is 1. The van der Waals surface area contributed by atoms with Gasteiger partial charge in [0, 0.05) is 13.5 Å². The number of carbonyl (C=O) groups excluding carboxylic acids is 2. The molecule has 0 bridgehead atoms. The summed E-state index contributed by atoms with van der Waals surface area (Å²) in [7, 11) is 1.59. The number of carbonyl (C=O) groups is 2. The number of hydrogen-bond donors (Lipinski definition) is 1. The third-order valence-corrected chi connectivity index (χ3v) is 3.83. The molecule has 0 radical (unpaired) electrons. The maximum atomic E-state index is 13.6. The van der Waals surface area contributed by atoms with Gasteiger partial charge in [0.1, 0.15) is 5.82 Å². The van der Waals surface area contributed by atoms with Crippen LogP contribution < -0.4 is 5.48 Å². The van der Waals surface area contributed by atoms with Crippen LogP contribution in [0, 0.1) is 11.7 Å². The maximum Gasteiger partial charge on any atom is 0.249 e. The smallest absolute Gasteiger partial charge is 0.249 e. The molecule has 1 aliphatic heterocycles. The van der Waals surface area contributed by atoms with E-state index in [-0.39, 0.29) is 17.4 Å². The quantitative estimate of drug-likeness (QED) is 0.866. The van der Waals surface area contributed by atoms with Gasteiger partial charge >= 0.3 is 0 Å². The third kappa shape index (κ3) is 3.16. The number of likely N-dealkylation sites (tertiary alicyclic amines) is 1. The van der Waals surface area contributed by atoms with Crippen molar-refractivity contribution in [2.75, 3.05) is 13.7 Å². The van der Waals surface area contributed by atoms with Gasteiger partial charge in [-0.05, 0) is 24.6 Å². The zero-order chi connectivity index (χ0) is 15.6. The first-order chi connectivity index (χ1) is 9.95. The molecule has 1 heterocycles. The number of benzene rings is 1. The van der Waals surface area contributed by atoms with E-state index < -0.39 is 23.7 Å². The van der Waals surface area contributed by atoms with E-state index in [4.69, 9.17) is 16.4 Å². The minimum atomic E-state index is -0.630. The second-order valence-electron chi connectivity index (χ2n) is 4.83. The molecule has 0 saturated carbocycles. The van der Waals surface area contributed by atoms with Crippen LogP contribution in [-0.4, -0.2) is 30.4 Å². The van der Waals surface area contributed by atoms with Crippen LogP contribution in [0.2, 0.25) is 5.02 Å². The van der Waals surface area contributed by atoms with E-state index in [1.54, 1.807) is 20.0 Å². The Morgan fingerprint density at radius 2 is 2.29 bits per heavy atom. The van der Waals surface area contributed by atoms with Crippen LogP contribution in [0.25, 0.3) is 0 Å². The van der Waals surface area contributed by atoms with Crippen molar-refractivity contribution in [3.63, 3.8) is 0 Å². The fraction of sp³-hybridized carbons (Fsp3) is 0.429. The molecule has 2 rings (SSSR count). The Morgan fingerprint density at radius 3 is 2.90 bits per heavy atom. The molecule has 1 N–H and O–H groups in total. The Balaban J connectivity index is 2.29. The normalized spacial score (nSPS) is 21.7. The van der Waals surface area contributed by atoms with Crippen molar-refractivity contribution >= 4 is 23.4 Å². The summed E-state index contributed by atoms with van der Waals surface area (Å²) >= 11 is 5.67. The van der Waals surface area contributed by atoms with Crippen molar-refractivity contribution in [3.05, 3.63) is 34.6 Å². The van der Waals surface area contributed by atoms with Crippen LogP contribution in [0.1, 0.15) is 24.9 Å². The lowest BCUT2D eigenvalue weighted by atomic mass is 9.93. The van der Waals surface area contributed by atoms with Crippen molar-refractivity contribution in [2.24, 2.45) is 5.92 Å². The summed E-state index contributed by atoms with van der Waals surface area (Å²) in [5, 5.41) is 0.000967. The molecule has 0 aliphatic carbocycles. The first-order valence-electron chi connectivity index (χ1n) is 6.58. The highest BCUT2D eigenvalue weighted by atomic mass is 35.5. The third-order valence-electron chi connectivity index (χ3n) is 3.53. The topological polar surface area (TPSA) is 58.6 Å². The molecule has 0 aromatic heterocycles. The SMILES string of the molecule is CCONC(=O)C1CC(=O)N(C)C1c1ccc(Cl)c(F)c1. The molecule has 114 valence electrons. The van der Waals surface area contributed by atoms with Gasteiger partial charge in [0.15, 0.2) is 0 Å². The van der Waals surface area contributed by atoms with Gasteiger partial charge in [-0.15, -0.1) is 0 Å². The standard InChI is InChI=1S/C14H16ClFN2O3/c1-3-21-17-14(20)9-7-12(19)18(2)13(9)8-4-5-10(15)11(16)6-8/h4-6,9,13H,3,7H2,1-2H3,(H,17,20). The molecule has 21 heavy (non-hydrogen) atoms. The highest BCUT2D eigenvalue weighted by Crippen LogP contribution is 2.37. The molecule has 1 saturated heterocycles. The van der Waals surface area contributed by atoms with Crippen LogP contribution in [0.4, 0.5) is 4.39 Å². The van der Waals surface area contributed by atoms with E-state index in [1.165, 1.54) is 17.0 Å². The molecule has 7 heteroatoms. The zero-order valence-electron chi connectivity index (χ0n) is 11.7. The minimum Gasteiger partial charge on any atom is -0.338 e. The Hall–Kier alpha value is -1.66. The van der Waals surface area contributed by atoms with Crippen molar-refractivity contribution in [2.45, 2.75) is 19.4 Å². The molecule has 5 nitrogen and oxygen atoms in total. The van der Waals surface area contributed by atoms with Gasteiger partial charge in [-0.25, -0.2) is 9.87 Å². The lowest BCUT2D eigenvalue weighted by Gasteiger charge is -2.24. The number of rotatable bonds is 4. The first-order valence-corrected chi connectivity index (χ1v) is 6.95. The summed E-state index contributed by atoms with van der Waals surface area (Å²) in [5.74, 6) is -1.78. The van der Waals surface area contributed by atoms with Gasteiger partial charge in [-0.1, -0.05) is 17.7 Å². The zero-order valence-corrected chi connectivity index (χ0v) is 12.5. The lowest BCUT2D eigenvalue weighted by Crippen LogP contribution is -2.34. The number of hydrogen-bond acceptors (Lipinski definition) is 3. The molecule has 1 aromatic carbocycles. The van der Waals surface area contributed by atoms with Crippen LogP contribution in [0.3, 0.4) is 0 Å². The summed E-state index contributed by atoms with van der Waals surface area (Å²) in [6.07, 6.45) is 0.0598. The Kier molecular flexibility index (Phi) is 4.80. The summed E-state index contributed by atoms with van der Waals surface area (Å²) < 4.78 is 13.6. The van der Waals surface area contributed by atoms with E-state index in [0.29, 0.717) is 12.2 Å². The average molecular weight is 315 g/mol. The summed E-state index contributed by atoms with van der Waals surface area (Å²) in [5.41, 5.74) is 2.83. The monoisotopic (exact) mass is 314 g/mol. The predicted molar refractivity (Wildman–Crippen MR) is 74.8 cm³/mol. The molecular weight excluding hydrogens is 299 g/mol. The predicted octanol–water partition coefficient (Wildman–Crippen LogP) is 2.07. The first kappa shape index (κ1) is 15.7. The molecular formula is C14H16ClFN2O3.